The summed E-state index contributed by atoms with van der Waals surface area (Å²) in [5.41, 5.74) is -1.62. The maximum absolute atomic E-state index is 14.1. The van der Waals surface area contributed by atoms with E-state index in [0.717, 1.165) is 0 Å². The molecule has 0 unspecified atom stereocenters. The minimum atomic E-state index is -1.17. The van der Waals surface area contributed by atoms with Crippen LogP contribution in [0.25, 0.3) is 0 Å². The fraction of sp³-hybridized carbons (Fsp3) is 0.667. The van der Waals surface area contributed by atoms with Crippen LogP contribution in [-0.2, 0) is 11.3 Å². The van der Waals surface area contributed by atoms with Gasteiger partial charge in [0.15, 0.2) is 0 Å². The van der Waals surface area contributed by atoms with E-state index in [9.17, 15) is 19.0 Å². The van der Waals surface area contributed by atoms with Crippen molar-refractivity contribution in [3.05, 3.63) is 29.3 Å². The lowest BCUT2D eigenvalue weighted by atomic mass is 9.76. The zero-order valence-corrected chi connectivity index (χ0v) is 14.6. The summed E-state index contributed by atoms with van der Waals surface area (Å²) in [6.45, 7) is 3.12. The molecule has 2 fully saturated rings. The molecule has 0 bridgehead atoms. The molecule has 0 saturated carbocycles. The van der Waals surface area contributed by atoms with Crippen molar-refractivity contribution in [3.63, 3.8) is 0 Å². The molecular weight excluding hydrogens is 332 g/mol. The van der Waals surface area contributed by atoms with Crippen molar-refractivity contribution in [2.75, 3.05) is 26.8 Å². The molecule has 1 aromatic carbocycles. The van der Waals surface area contributed by atoms with Gasteiger partial charge in [0, 0.05) is 43.8 Å². The van der Waals surface area contributed by atoms with Crippen LogP contribution in [0.1, 0.15) is 31.7 Å². The first-order valence-corrected chi connectivity index (χ1v) is 8.53. The quantitative estimate of drug-likeness (QED) is 0.864. The van der Waals surface area contributed by atoms with Crippen molar-refractivity contribution < 1.29 is 28.5 Å². The Morgan fingerprint density at radius 3 is 2.40 bits per heavy atom. The van der Waals surface area contributed by atoms with E-state index in [2.05, 4.69) is 0 Å². The molecule has 2 aliphatic rings. The number of ether oxygens (including phenoxy) is 2. The molecular formula is C18H25F2NO4. The minimum Gasteiger partial charge on any atom is -0.497 e. The first-order chi connectivity index (χ1) is 11.7. The molecule has 25 heavy (non-hydrogen) atoms. The highest BCUT2D eigenvalue weighted by atomic mass is 19.1. The van der Waals surface area contributed by atoms with Gasteiger partial charge >= 0.3 is 0 Å². The number of halogens is 2. The van der Waals surface area contributed by atoms with Crippen molar-refractivity contribution in [1.29, 1.82) is 0 Å². The number of piperidine rings is 1. The van der Waals surface area contributed by atoms with Crippen molar-refractivity contribution in [2.24, 2.45) is 0 Å². The molecule has 2 N–H and O–H groups in total. The fourth-order valence-electron chi connectivity index (χ4n) is 3.77. The maximum Gasteiger partial charge on any atom is 0.134 e. The topological polar surface area (TPSA) is 62.2 Å². The van der Waals surface area contributed by atoms with Gasteiger partial charge in [-0.2, -0.15) is 0 Å². The maximum atomic E-state index is 14.1. The van der Waals surface area contributed by atoms with Gasteiger partial charge in [-0.05, 0) is 19.8 Å². The van der Waals surface area contributed by atoms with Crippen molar-refractivity contribution in [3.8, 4) is 5.75 Å². The van der Waals surface area contributed by atoms with Crippen LogP contribution in [0.3, 0.4) is 0 Å². The lowest BCUT2D eigenvalue weighted by Gasteiger charge is -2.50. The molecule has 2 aliphatic heterocycles. The van der Waals surface area contributed by atoms with Crippen LogP contribution in [-0.4, -0.2) is 59.2 Å². The van der Waals surface area contributed by atoms with E-state index >= 15 is 0 Å². The molecule has 0 aliphatic carbocycles. The summed E-state index contributed by atoms with van der Waals surface area (Å²) in [5, 5.41) is 20.2. The number of rotatable bonds is 3. The third-order valence-corrected chi connectivity index (χ3v) is 5.44. The van der Waals surface area contributed by atoms with Gasteiger partial charge in [0.25, 0.3) is 0 Å². The highest BCUT2D eigenvalue weighted by molar-refractivity contribution is 5.30. The van der Waals surface area contributed by atoms with Crippen molar-refractivity contribution in [1.82, 2.24) is 4.90 Å². The van der Waals surface area contributed by atoms with Gasteiger partial charge in [-0.3, -0.25) is 4.90 Å². The average molecular weight is 357 g/mol. The normalized spacial score (nSPS) is 29.8. The Labute approximate surface area is 146 Å². The third-order valence-electron chi connectivity index (χ3n) is 5.44. The average Bonchev–Trinajstić information content (AvgIpc) is 2.56. The largest absolute Gasteiger partial charge is 0.497 e. The minimum absolute atomic E-state index is 0.0312. The summed E-state index contributed by atoms with van der Waals surface area (Å²) in [7, 11) is 1.37. The van der Waals surface area contributed by atoms with E-state index in [0.29, 0.717) is 32.4 Å². The zero-order valence-electron chi connectivity index (χ0n) is 14.6. The van der Waals surface area contributed by atoms with Gasteiger partial charge < -0.3 is 19.7 Å². The molecule has 0 amide bonds. The monoisotopic (exact) mass is 357 g/mol. The van der Waals surface area contributed by atoms with E-state index in [1.54, 1.807) is 6.92 Å². The van der Waals surface area contributed by atoms with Crippen molar-refractivity contribution >= 4 is 0 Å². The van der Waals surface area contributed by atoms with Gasteiger partial charge in [-0.25, -0.2) is 8.78 Å². The van der Waals surface area contributed by atoms with Crippen LogP contribution >= 0.6 is 0 Å². The van der Waals surface area contributed by atoms with Crippen LogP contribution in [0, 0.1) is 11.6 Å². The molecule has 5 nitrogen and oxygen atoms in total. The Bertz CT molecular complexity index is 606. The smallest absolute Gasteiger partial charge is 0.134 e. The lowest BCUT2D eigenvalue weighted by Crippen LogP contribution is -2.59. The number of nitrogens with zero attached hydrogens (tertiary/aromatic N) is 1. The Kier molecular flexibility index (Phi) is 5.03. The Morgan fingerprint density at radius 2 is 1.88 bits per heavy atom. The molecule has 2 heterocycles. The first-order valence-electron chi connectivity index (χ1n) is 8.53. The van der Waals surface area contributed by atoms with Gasteiger partial charge in [0.1, 0.15) is 23.5 Å². The predicted molar refractivity (Wildman–Crippen MR) is 87.4 cm³/mol. The second-order valence-electron chi connectivity index (χ2n) is 7.39. The highest BCUT2D eigenvalue weighted by Gasteiger charge is 2.48. The Balaban J connectivity index is 1.64. The second kappa shape index (κ2) is 6.79. The molecule has 0 aromatic heterocycles. The van der Waals surface area contributed by atoms with Crippen LogP contribution in [0.2, 0.25) is 0 Å². The number of aliphatic hydroxyl groups excluding tert-OH is 1. The predicted octanol–water partition coefficient (Wildman–Crippen LogP) is 1.84. The standard InChI is InChI=1S/C18H25F2NO4/c1-17(23)11-18(25-10-16(17)22)3-5-21(6-4-18)9-13-14(19)7-12(24-2)8-15(13)20/h7-8,16,22-23H,3-6,9-11H2,1-2H3/t16-,17-/m0/s1. The lowest BCUT2D eigenvalue weighted by molar-refractivity contribution is -0.223. The van der Waals surface area contributed by atoms with Crippen molar-refractivity contribution in [2.45, 2.75) is 50.0 Å². The van der Waals surface area contributed by atoms with E-state index in [1.165, 1.54) is 19.2 Å². The summed E-state index contributed by atoms with van der Waals surface area (Å²) in [6, 6.07) is 2.37. The zero-order chi connectivity index (χ0) is 18.2. The van der Waals surface area contributed by atoms with Crippen LogP contribution < -0.4 is 4.74 Å². The van der Waals surface area contributed by atoms with Crippen LogP contribution in [0.5, 0.6) is 5.75 Å². The third kappa shape index (κ3) is 3.79. The molecule has 2 atom stereocenters. The number of methoxy groups -OCH3 is 1. The first kappa shape index (κ1) is 18.5. The van der Waals surface area contributed by atoms with Gasteiger partial charge in [-0.1, -0.05) is 0 Å². The van der Waals surface area contributed by atoms with Gasteiger partial charge in [-0.15, -0.1) is 0 Å². The number of likely N-dealkylation sites (tertiary alicyclic amines) is 1. The summed E-state index contributed by atoms with van der Waals surface area (Å²) in [5.74, 6) is -1.07. The van der Waals surface area contributed by atoms with E-state index in [1.807, 2.05) is 4.90 Å². The molecule has 3 rings (SSSR count). The number of hydrogen-bond acceptors (Lipinski definition) is 5. The highest BCUT2D eigenvalue weighted by Crippen LogP contribution is 2.40. The fourth-order valence-corrected chi connectivity index (χ4v) is 3.77. The molecule has 140 valence electrons. The van der Waals surface area contributed by atoms with Gasteiger partial charge in [0.2, 0.25) is 0 Å². The second-order valence-corrected chi connectivity index (χ2v) is 7.39. The number of aliphatic hydroxyl groups is 2. The summed E-state index contributed by atoms with van der Waals surface area (Å²) < 4.78 is 38.9. The number of benzene rings is 1. The van der Waals surface area contributed by atoms with E-state index in [-0.39, 0.29) is 24.5 Å². The van der Waals surface area contributed by atoms with Crippen LogP contribution in [0.4, 0.5) is 8.78 Å². The summed E-state index contributed by atoms with van der Waals surface area (Å²) in [4.78, 5) is 1.97. The molecule has 2 saturated heterocycles. The summed E-state index contributed by atoms with van der Waals surface area (Å²) >= 11 is 0. The summed E-state index contributed by atoms with van der Waals surface area (Å²) in [6.07, 6.45) is 0.767. The number of hydrogen-bond donors (Lipinski definition) is 2. The molecule has 1 spiro atoms. The molecule has 7 heteroatoms. The van der Waals surface area contributed by atoms with Gasteiger partial charge in [0.05, 0.1) is 24.9 Å². The SMILES string of the molecule is COc1cc(F)c(CN2CCC3(CC2)C[C@](C)(O)[C@@H](O)CO3)c(F)c1. The Hall–Kier alpha value is -1.28. The van der Waals surface area contributed by atoms with E-state index in [4.69, 9.17) is 9.47 Å². The molecule has 0 radical (unpaired) electrons. The molecule has 1 aromatic rings. The Morgan fingerprint density at radius 1 is 1.28 bits per heavy atom. The van der Waals surface area contributed by atoms with E-state index < -0.39 is 28.9 Å². The van der Waals surface area contributed by atoms with Crippen LogP contribution in [0.15, 0.2) is 12.1 Å².